The lowest BCUT2D eigenvalue weighted by Gasteiger charge is -2.41. The number of halogens is 5. The van der Waals surface area contributed by atoms with Crippen molar-refractivity contribution in [3.8, 4) is 6.01 Å². The Hall–Kier alpha value is -4.11. The first kappa shape index (κ1) is 29.4. The summed E-state index contributed by atoms with van der Waals surface area (Å²) < 4.78 is 59.3. The van der Waals surface area contributed by atoms with E-state index in [1.165, 1.54) is 11.0 Å². The highest BCUT2D eigenvalue weighted by Crippen LogP contribution is 2.38. The van der Waals surface area contributed by atoms with Crippen LogP contribution in [0.3, 0.4) is 0 Å². The van der Waals surface area contributed by atoms with Crippen LogP contribution >= 0.6 is 11.6 Å². The van der Waals surface area contributed by atoms with Gasteiger partial charge in [-0.05, 0) is 23.9 Å². The predicted molar refractivity (Wildman–Crippen MR) is 151 cm³/mol. The van der Waals surface area contributed by atoms with Crippen LogP contribution in [-0.2, 0) is 17.8 Å². The Kier molecular flexibility index (Phi) is 8.68. The summed E-state index contributed by atoms with van der Waals surface area (Å²) in [6.45, 7) is 11.5. The quantitative estimate of drug-likeness (QED) is 0.194. The molecule has 0 N–H and O–H groups in total. The molecule has 1 saturated heterocycles. The third kappa shape index (κ3) is 5.92. The molecule has 1 atom stereocenters. The number of hydrogen-bond acceptors (Lipinski definition) is 6. The van der Waals surface area contributed by atoms with Crippen LogP contribution in [0.2, 0.25) is 5.02 Å². The lowest BCUT2D eigenvalue weighted by atomic mass is 10.0. The van der Waals surface area contributed by atoms with Gasteiger partial charge in [-0.2, -0.15) is 9.97 Å². The van der Waals surface area contributed by atoms with Crippen molar-refractivity contribution < 1.29 is 27.1 Å². The fourth-order valence-electron chi connectivity index (χ4n) is 5.45. The van der Waals surface area contributed by atoms with Crippen molar-refractivity contribution in [1.29, 1.82) is 0 Å². The van der Waals surface area contributed by atoms with Gasteiger partial charge in [0.2, 0.25) is 13.0 Å². The molecule has 220 valence electrons. The van der Waals surface area contributed by atoms with Crippen molar-refractivity contribution in [2.45, 2.75) is 31.9 Å². The fraction of sp³-hybridized carbons (Fsp3) is 0.379. The van der Waals surface area contributed by atoms with Crippen molar-refractivity contribution in [2.75, 3.05) is 49.1 Å². The Morgan fingerprint density at radius 1 is 1.19 bits per heavy atom. The molecule has 2 aromatic carbocycles. The molecule has 0 bridgehead atoms. The van der Waals surface area contributed by atoms with Crippen LogP contribution in [0.5, 0.6) is 6.01 Å². The first-order valence-electron chi connectivity index (χ1n) is 13.3. The fourth-order valence-corrected chi connectivity index (χ4v) is 5.72. The van der Waals surface area contributed by atoms with Crippen LogP contribution in [0.1, 0.15) is 17.7 Å². The van der Waals surface area contributed by atoms with Gasteiger partial charge in [-0.1, -0.05) is 36.4 Å². The molecule has 2 aliphatic rings. The van der Waals surface area contributed by atoms with Gasteiger partial charge in [0.05, 0.1) is 23.9 Å². The zero-order valence-electron chi connectivity index (χ0n) is 22.5. The second-order valence-corrected chi connectivity index (χ2v) is 10.4. The van der Waals surface area contributed by atoms with E-state index < -0.39 is 36.4 Å². The Bertz CT molecular complexity index is 1570. The lowest BCUT2D eigenvalue weighted by Crippen LogP contribution is -2.57. The molecule has 0 aliphatic carbocycles. The number of carbonyl (C=O) groups excluding carboxylic acids is 1. The number of amides is 1. The van der Waals surface area contributed by atoms with Gasteiger partial charge in [-0.3, -0.25) is 4.79 Å². The van der Waals surface area contributed by atoms with Gasteiger partial charge in [0, 0.05) is 49.2 Å². The number of anilines is 2. The first-order valence-corrected chi connectivity index (χ1v) is 13.7. The highest BCUT2D eigenvalue weighted by molar-refractivity contribution is 6.36. The number of nitrogens with zero attached hydrogens (tertiary/aromatic N) is 6. The monoisotopic (exact) mass is 602 g/mol. The summed E-state index contributed by atoms with van der Waals surface area (Å²) in [7, 11) is 0. The molecule has 1 aromatic heterocycles. The summed E-state index contributed by atoms with van der Waals surface area (Å²) >= 11 is 6.39. The number of aromatic nitrogens is 2. The number of piperazine rings is 1. The van der Waals surface area contributed by atoms with Crippen molar-refractivity contribution in [2.24, 2.45) is 0 Å². The number of ether oxygens (including phenoxy) is 1. The van der Waals surface area contributed by atoms with Crippen LogP contribution in [0, 0.1) is 12.4 Å². The van der Waals surface area contributed by atoms with E-state index in [9.17, 15) is 22.4 Å². The largest absolute Gasteiger partial charge is 0.463 e. The van der Waals surface area contributed by atoms with E-state index in [4.69, 9.17) is 22.9 Å². The summed E-state index contributed by atoms with van der Waals surface area (Å²) in [5.41, 5.74) is 2.13. The molecule has 8 nitrogen and oxygen atoms in total. The SMILES string of the molecule is [C-]#[N+]C[C@H]1CN(c2nc(OCCC(F)F)nc3c2CCN(c2cccc4ccc(F)c(Cl)c24)C3)CCN1C(=O)C(=C)F. The van der Waals surface area contributed by atoms with Crippen molar-refractivity contribution in [3.05, 3.63) is 76.3 Å². The number of benzene rings is 2. The summed E-state index contributed by atoms with van der Waals surface area (Å²) in [4.78, 5) is 30.1. The smallest absolute Gasteiger partial charge is 0.318 e. The molecule has 0 unspecified atom stereocenters. The van der Waals surface area contributed by atoms with E-state index in [2.05, 4.69) is 21.4 Å². The Labute approximate surface area is 245 Å². The highest BCUT2D eigenvalue weighted by Gasteiger charge is 2.36. The first-order chi connectivity index (χ1) is 20.2. The Morgan fingerprint density at radius 3 is 2.74 bits per heavy atom. The normalized spacial score (nSPS) is 16.9. The van der Waals surface area contributed by atoms with Crippen LogP contribution in [0.4, 0.5) is 29.1 Å². The van der Waals surface area contributed by atoms with Gasteiger partial charge in [-0.15, -0.1) is 0 Å². The minimum absolute atomic E-state index is 0.0162. The minimum atomic E-state index is -2.56. The van der Waals surface area contributed by atoms with E-state index >= 15 is 0 Å². The van der Waals surface area contributed by atoms with Crippen molar-refractivity contribution >= 4 is 39.8 Å². The highest BCUT2D eigenvalue weighted by atomic mass is 35.5. The third-order valence-corrected chi connectivity index (χ3v) is 7.79. The van der Waals surface area contributed by atoms with E-state index in [0.717, 1.165) is 16.6 Å². The van der Waals surface area contributed by atoms with Gasteiger partial charge in [0.25, 0.3) is 5.91 Å². The molecule has 13 heteroatoms. The maximum Gasteiger partial charge on any atom is 0.318 e. The number of hydrogen-bond donors (Lipinski definition) is 0. The molecule has 0 saturated carbocycles. The van der Waals surface area contributed by atoms with Crippen LogP contribution in [0.25, 0.3) is 15.6 Å². The molecular weight excluding hydrogens is 576 g/mol. The average Bonchev–Trinajstić information content (AvgIpc) is 2.97. The van der Waals surface area contributed by atoms with E-state index in [-0.39, 0.29) is 50.4 Å². The van der Waals surface area contributed by atoms with Gasteiger partial charge in [0.15, 0.2) is 5.83 Å². The van der Waals surface area contributed by atoms with Gasteiger partial charge in [0.1, 0.15) is 17.7 Å². The summed E-state index contributed by atoms with van der Waals surface area (Å²) in [6.07, 6.45) is -2.57. The number of alkyl halides is 2. The van der Waals surface area contributed by atoms with Crippen LogP contribution in [-0.4, -0.2) is 72.6 Å². The van der Waals surface area contributed by atoms with Crippen LogP contribution in [0.15, 0.2) is 42.7 Å². The van der Waals surface area contributed by atoms with Gasteiger partial charge in [-0.25, -0.2) is 24.1 Å². The number of fused-ring (bicyclic) bond motifs is 2. The second-order valence-electron chi connectivity index (χ2n) is 10.0. The molecule has 1 fully saturated rings. The summed E-state index contributed by atoms with van der Waals surface area (Å²) in [5, 5.41) is 1.36. The molecule has 3 heterocycles. The molecular formula is C29H27ClF4N6O2. The number of carbonyl (C=O) groups is 1. The van der Waals surface area contributed by atoms with Gasteiger partial charge >= 0.3 is 6.01 Å². The molecule has 3 aromatic rings. The van der Waals surface area contributed by atoms with Crippen molar-refractivity contribution in [1.82, 2.24) is 14.9 Å². The molecule has 5 rings (SSSR count). The van der Waals surface area contributed by atoms with Crippen molar-refractivity contribution in [3.63, 3.8) is 0 Å². The second kappa shape index (κ2) is 12.4. The molecule has 0 radical (unpaired) electrons. The molecule has 42 heavy (non-hydrogen) atoms. The maximum atomic E-state index is 14.4. The van der Waals surface area contributed by atoms with Gasteiger partial charge < -0.3 is 24.3 Å². The molecule has 0 spiro atoms. The predicted octanol–water partition coefficient (Wildman–Crippen LogP) is 5.44. The minimum Gasteiger partial charge on any atom is -0.463 e. The Balaban J connectivity index is 1.50. The van der Waals surface area contributed by atoms with E-state index in [1.807, 2.05) is 28.0 Å². The lowest BCUT2D eigenvalue weighted by molar-refractivity contribution is -0.131. The maximum absolute atomic E-state index is 14.4. The van der Waals surface area contributed by atoms with E-state index in [1.54, 1.807) is 6.07 Å². The van der Waals surface area contributed by atoms with E-state index in [0.29, 0.717) is 29.9 Å². The van der Waals surface area contributed by atoms with Crippen LogP contribution < -0.4 is 14.5 Å². The summed E-state index contributed by atoms with van der Waals surface area (Å²) in [5.74, 6) is -1.97. The molecule has 1 amide bonds. The topological polar surface area (TPSA) is 66.2 Å². The third-order valence-electron chi connectivity index (χ3n) is 7.42. The molecule has 2 aliphatic heterocycles. The zero-order chi connectivity index (χ0) is 30.0. The summed E-state index contributed by atoms with van der Waals surface area (Å²) in [6, 6.07) is 7.85. The standard InChI is InChI=1S/C29H27ClF4N6O2/c1-17(31)28(41)40-12-11-39(15-19(40)14-35-2)27-20-8-10-38(16-22(20)36-29(37-27)42-13-9-24(33)34)23-5-3-4-18-6-7-21(32)26(30)25(18)23/h3-7,19,24H,1,8-16H2/t19-/m0/s1. The zero-order valence-corrected chi connectivity index (χ0v) is 23.3. The average molecular weight is 603 g/mol. The Morgan fingerprint density at radius 2 is 2.00 bits per heavy atom. The number of rotatable bonds is 8.